The Morgan fingerprint density at radius 3 is 2.71 bits per heavy atom. The first-order chi connectivity index (χ1) is 10.1. The van der Waals surface area contributed by atoms with Crippen molar-refractivity contribution < 1.29 is 19.4 Å². The smallest absolute Gasteiger partial charge is 0.337 e. The number of rotatable bonds is 2. The van der Waals surface area contributed by atoms with E-state index in [1.807, 2.05) is 12.1 Å². The average Bonchev–Trinajstić information content (AvgIpc) is 2.98. The number of hydrogen-bond acceptors (Lipinski definition) is 4. The van der Waals surface area contributed by atoms with Crippen molar-refractivity contribution in [1.29, 1.82) is 0 Å². The van der Waals surface area contributed by atoms with Crippen LogP contribution in [-0.2, 0) is 9.47 Å². The highest BCUT2D eigenvalue weighted by molar-refractivity contribution is 5.89. The number of carbonyl (C=O) groups excluding carboxylic acids is 1. The summed E-state index contributed by atoms with van der Waals surface area (Å²) < 4.78 is 10.7. The molecule has 0 unspecified atom stereocenters. The maximum absolute atomic E-state index is 11.5. The molecule has 4 heteroatoms. The van der Waals surface area contributed by atoms with Crippen molar-refractivity contribution in [2.45, 2.75) is 49.7 Å². The van der Waals surface area contributed by atoms with Gasteiger partial charge in [-0.1, -0.05) is 12.1 Å². The third-order valence-corrected chi connectivity index (χ3v) is 4.90. The van der Waals surface area contributed by atoms with E-state index in [0.29, 0.717) is 5.56 Å². The van der Waals surface area contributed by atoms with Crippen LogP contribution in [0.4, 0.5) is 0 Å². The van der Waals surface area contributed by atoms with Gasteiger partial charge in [-0.2, -0.15) is 0 Å². The second-order valence-corrected chi connectivity index (χ2v) is 6.17. The van der Waals surface area contributed by atoms with Crippen LogP contribution in [0.2, 0.25) is 0 Å². The number of methoxy groups -OCH3 is 1. The Bertz CT molecular complexity index is 502. The molecule has 3 rings (SSSR count). The normalized spacial score (nSPS) is 32.3. The van der Waals surface area contributed by atoms with Crippen molar-refractivity contribution in [3.63, 3.8) is 0 Å². The number of carbonyl (C=O) groups is 1. The van der Waals surface area contributed by atoms with Gasteiger partial charge in [-0.05, 0) is 49.8 Å². The highest BCUT2D eigenvalue weighted by Gasteiger charge is 2.43. The summed E-state index contributed by atoms with van der Waals surface area (Å²) in [4.78, 5) is 11.5. The van der Waals surface area contributed by atoms with Crippen molar-refractivity contribution in [2.24, 2.45) is 0 Å². The Morgan fingerprint density at radius 1 is 1.33 bits per heavy atom. The summed E-state index contributed by atoms with van der Waals surface area (Å²) in [5, 5.41) is 10.3. The summed E-state index contributed by atoms with van der Waals surface area (Å²) in [6.07, 6.45) is 4.48. The zero-order valence-electron chi connectivity index (χ0n) is 12.4. The second kappa shape index (κ2) is 5.78. The Morgan fingerprint density at radius 2 is 2.10 bits per heavy atom. The van der Waals surface area contributed by atoms with Crippen molar-refractivity contribution in [3.8, 4) is 0 Å². The fourth-order valence-electron chi connectivity index (χ4n) is 3.69. The van der Waals surface area contributed by atoms with Crippen molar-refractivity contribution in [2.75, 3.05) is 13.7 Å². The van der Waals surface area contributed by atoms with Gasteiger partial charge in [0.25, 0.3) is 0 Å². The first-order valence-electron chi connectivity index (χ1n) is 7.64. The largest absolute Gasteiger partial charge is 0.465 e. The lowest BCUT2D eigenvalue weighted by Crippen LogP contribution is -2.40. The molecule has 0 radical (unpaired) electrons. The molecule has 114 valence electrons. The third-order valence-electron chi connectivity index (χ3n) is 4.90. The van der Waals surface area contributed by atoms with E-state index in [1.165, 1.54) is 7.11 Å². The molecule has 1 N–H and O–H groups in total. The SMILES string of the molecule is COC(=O)c1ccc([C@@H]2C[C@@]3(CCCO3)CC[C@@H]2O)cc1. The maximum atomic E-state index is 11.5. The topological polar surface area (TPSA) is 55.8 Å². The van der Waals surface area contributed by atoms with Crippen LogP contribution in [0.3, 0.4) is 0 Å². The first-order valence-corrected chi connectivity index (χ1v) is 7.64. The van der Waals surface area contributed by atoms with Gasteiger partial charge >= 0.3 is 5.97 Å². The van der Waals surface area contributed by atoms with Gasteiger partial charge in [-0.3, -0.25) is 0 Å². The summed E-state index contributed by atoms with van der Waals surface area (Å²) in [5.41, 5.74) is 1.58. The summed E-state index contributed by atoms with van der Waals surface area (Å²) in [7, 11) is 1.38. The van der Waals surface area contributed by atoms with Crippen LogP contribution >= 0.6 is 0 Å². The van der Waals surface area contributed by atoms with Crippen LogP contribution in [0.1, 0.15) is 53.9 Å². The third kappa shape index (κ3) is 2.83. The lowest BCUT2D eigenvalue weighted by Gasteiger charge is -2.40. The number of benzene rings is 1. The fourth-order valence-corrected chi connectivity index (χ4v) is 3.69. The van der Waals surface area contributed by atoms with Gasteiger partial charge in [0.2, 0.25) is 0 Å². The Kier molecular flexibility index (Phi) is 4.00. The Labute approximate surface area is 125 Å². The number of esters is 1. The van der Waals surface area contributed by atoms with E-state index in [2.05, 4.69) is 0 Å². The van der Waals surface area contributed by atoms with E-state index in [9.17, 15) is 9.90 Å². The van der Waals surface area contributed by atoms with E-state index in [4.69, 9.17) is 9.47 Å². The van der Waals surface area contributed by atoms with E-state index < -0.39 is 0 Å². The van der Waals surface area contributed by atoms with E-state index >= 15 is 0 Å². The molecule has 1 aromatic rings. The lowest BCUT2D eigenvalue weighted by molar-refractivity contribution is -0.0610. The number of aliphatic hydroxyl groups is 1. The van der Waals surface area contributed by atoms with Gasteiger partial charge in [-0.15, -0.1) is 0 Å². The Balaban J connectivity index is 1.79. The van der Waals surface area contributed by atoms with Gasteiger partial charge in [0.15, 0.2) is 0 Å². The summed E-state index contributed by atoms with van der Waals surface area (Å²) in [5.74, 6) is -0.245. The summed E-state index contributed by atoms with van der Waals surface area (Å²) >= 11 is 0. The molecule has 21 heavy (non-hydrogen) atoms. The standard InChI is InChI=1S/C17H22O4/c1-20-16(19)13-5-3-12(4-6-13)14-11-17(8-2-10-21-17)9-7-15(14)18/h3-6,14-15,18H,2,7-11H2,1H3/t14-,15-,17+/m0/s1. The van der Waals surface area contributed by atoms with Crippen LogP contribution in [0.25, 0.3) is 0 Å². The van der Waals surface area contributed by atoms with Gasteiger partial charge in [-0.25, -0.2) is 4.79 Å². The predicted octanol–water partition coefficient (Wildman–Crippen LogP) is 2.65. The van der Waals surface area contributed by atoms with E-state index in [1.54, 1.807) is 12.1 Å². The van der Waals surface area contributed by atoms with Gasteiger partial charge < -0.3 is 14.6 Å². The van der Waals surface area contributed by atoms with Gasteiger partial charge in [0.05, 0.1) is 24.4 Å². The predicted molar refractivity (Wildman–Crippen MR) is 78.3 cm³/mol. The molecule has 1 heterocycles. The highest BCUT2D eigenvalue weighted by atomic mass is 16.5. The van der Waals surface area contributed by atoms with Gasteiger partial charge in [0.1, 0.15) is 0 Å². The molecule has 1 saturated carbocycles. The van der Waals surface area contributed by atoms with E-state index in [0.717, 1.165) is 44.3 Å². The quantitative estimate of drug-likeness (QED) is 0.851. The number of hydrogen-bond donors (Lipinski definition) is 1. The molecule has 1 spiro atoms. The van der Waals surface area contributed by atoms with Crippen LogP contribution in [0.5, 0.6) is 0 Å². The number of aliphatic hydroxyl groups excluding tert-OH is 1. The van der Waals surface area contributed by atoms with E-state index in [-0.39, 0.29) is 23.6 Å². The molecule has 3 atom stereocenters. The zero-order valence-corrected chi connectivity index (χ0v) is 12.4. The minimum absolute atomic E-state index is 0.0368. The monoisotopic (exact) mass is 290 g/mol. The minimum Gasteiger partial charge on any atom is -0.465 e. The first kappa shape index (κ1) is 14.5. The average molecular weight is 290 g/mol. The molecule has 1 aliphatic heterocycles. The highest BCUT2D eigenvalue weighted by Crippen LogP contribution is 2.45. The fraction of sp³-hybridized carbons (Fsp3) is 0.588. The molecule has 0 amide bonds. The van der Waals surface area contributed by atoms with Crippen LogP contribution < -0.4 is 0 Å². The summed E-state index contributed by atoms with van der Waals surface area (Å²) in [6, 6.07) is 7.39. The van der Waals surface area contributed by atoms with Gasteiger partial charge in [0, 0.05) is 12.5 Å². The van der Waals surface area contributed by atoms with Crippen LogP contribution in [0.15, 0.2) is 24.3 Å². The second-order valence-electron chi connectivity index (χ2n) is 6.17. The maximum Gasteiger partial charge on any atom is 0.337 e. The van der Waals surface area contributed by atoms with Crippen molar-refractivity contribution in [1.82, 2.24) is 0 Å². The van der Waals surface area contributed by atoms with Crippen molar-refractivity contribution in [3.05, 3.63) is 35.4 Å². The molecule has 0 bridgehead atoms. The van der Waals surface area contributed by atoms with Crippen LogP contribution in [0, 0.1) is 0 Å². The Hall–Kier alpha value is -1.39. The molecular weight excluding hydrogens is 268 g/mol. The molecule has 2 fully saturated rings. The molecule has 1 saturated heterocycles. The zero-order chi connectivity index (χ0) is 14.9. The molecule has 2 aliphatic rings. The molecule has 4 nitrogen and oxygen atoms in total. The minimum atomic E-state index is -0.332. The number of ether oxygens (including phenoxy) is 2. The van der Waals surface area contributed by atoms with Crippen LogP contribution in [-0.4, -0.2) is 36.5 Å². The molecule has 1 aromatic carbocycles. The molecule has 0 aromatic heterocycles. The summed E-state index contributed by atoms with van der Waals surface area (Å²) in [6.45, 7) is 0.837. The lowest BCUT2D eigenvalue weighted by atomic mass is 9.72. The molecular formula is C17H22O4. The van der Waals surface area contributed by atoms with Crippen molar-refractivity contribution >= 4 is 5.97 Å². The molecule has 1 aliphatic carbocycles.